The third-order valence-electron chi connectivity index (χ3n) is 4.33. The molecule has 1 aromatic heterocycles. The minimum Gasteiger partial charge on any atom is -0.497 e. The number of benzene rings is 1. The molecule has 1 aliphatic rings. The molecule has 0 unspecified atom stereocenters. The van der Waals surface area contributed by atoms with Crippen LogP contribution in [0.25, 0.3) is 0 Å². The Labute approximate surface area is 148 Å². The number of amides is 2. The summed E-state index contributed by atoms with van der Waals surface area (Å²) in [5.41, 5.74) is 1.77. The molecule has 6 nitrogen and oxygen atoms in total. The Hall–Kier alpha value is -2.76. The minimum atomic E-state index is -0.156. The molecule has 0 atom stereocenters. The van der Waals surface area contributed by atoms with Crippen LogP contribution in [0.5, 0.6) is 5.75 Å². The van der Waals surface area contributed by atoms with Crippen molar-refractivity contribution in [3.05, 3.63) is 48.2 Å². The van der Waals surface area contributed by atoms with Crippen LogP contribution in [0.3, 0.4) is 0 Å². The Bertz CT molecular complexity index is 729. The Morgan fingerprint density at radius 2 is 2.08 bits per heavy atom. The maximum Gasteiger partial charge on any atom is 0.321 e. The molecule has 2 aromatic rings. The summed E-state index contributed by atoms with van der Waals surface area (Å²) in [4.78, 5) is 20.9. The van der Waals surface area contributed by atoms with Crippen molar-refractivity contribution in [2.24, 2.45) is 0 Å². The summed E-state index contributed by atoms with van der Waals surface area (Å²) in [6.45, 7) is 2.47. The second-order valence-corrected chi connectivity index (χ2v) is 6.21. The molecule has 1 N–H and O–H groups in total. The van der Waals surface area contributed by atoms with Gasteiger partial charge in [-0.2, -0.15) is 0 Å². The van der Waals surface area contributed by atoms with Gasteiger partial charge in [0.1, 0.15) is 5.75 Å². The summed E-state index contributed by atoms with van der Waals surface area (Å²) in [6, 6.07) is 11.3. The average Bonchev–Trinajstić information content (AvgIpc) is 3.16. The number of hydrogen-bond acceptors (Lipinski definition) is 4. The average molecular weight is 340 g/mol. The fourth-order valence-electron chi connectivity index (χ4n) is 3.00. The van der Waals surface area contributed by atoms with Crippen molar-refractivity contribution in [2.45, 2.75) is 19.4 Å². The van der Waals surface area contributed by atoms with E-state index >= 15 is 0 Å². The van der Waals surface area contributed by atoms with Gasteiger partial charge < -0.3 is 19.9 Å². The van der Waals surface area contributed by atoms with Gasteiger partial charge in [0, 0.05) is 32.9 Å². The number of carbonyl (C=O) groups is 1. The number of anilines is 2. The van der Waals surface area contributed by atoms with Crippen molar-refractivity contribution in [1.82, 2.24) is 9.88 Å². The quantitative estimate of drug-likeness (QED) is 0.907. The number of hydrogen-bond donors (Lipinski definition) is 1. The highest BCUT2D eigenvalue weighted by molar-refractivity contribution is 5.92. The van der Waals surface area contributed by atoms with Crippen LogP contribution < -0.4 is 15.0 Å². The fourth-order valence-corrected chi connectivity index (χ4v) is 3.00. The maximum absolute atomic E-state index is 12.6. The minimum absolute atomic E-state index is 0.156. The molecule has 1 saturated heterocycles. The highest BCUT2D eigenvalue weighted by Gasteiger charge is 2.19. The first-order chi connectivity index (χ1) is 12.2. The third kappa shape index (κ3) is 4.21. The Morgan fingerprint density at radius 1 is 1.28 bits per heavy atom. The molecule has 1 aromatic carbocycles. The van der Waals surface area contributed by atoms with Crippen LogP contribution >= 0.6 is 0 Å². The molecule has 0 aliphatic carbocycles. The normalized spacial score (nSPS) is 13.6. The molecule has 0 spiro atoms. The highest BCUT2D eigenvalue weighted by atomic mass is 16.5. The predicted molar refractivity (Wildman–Crippen MR) is 99.2 cm³/mol. The Kier molecular flexibility index (Phi) is 5.38. The molecule has 3 rings (SSSR count). The molecule has 132 valence electrons. The van der Waals surface area contributed by atoms with E-state index in [0.29, 0.717) is 6.54 Å². The van der Waals surface area contributed by atoms with Crippen molar-refractivity contribution < 1.29 is 9.53 Å². The van der Waals surface area contributed by atoms with Gasteiger partial charge in [0.25, 0.3) is 0 Å². The third-order valence-corrected chi connectivity index (χ3v) is 4.33. The molecule has 6 heteroatoms. The van der Waals surface area contributed by atoms with Crippen molar-refractivity contribution >= 4 is 17.5 Å². The van der Waals surface area contributed by atoms with E-state index in [-0.39, 0.29) is 6.03 Å². The van der Waals surface area contributed by atoms with Crippen LogP contribution in [-0.2, 0) is 6.54 Å². The number of carbonyl (C=O) groups excluding carboxylic acids is 1. The van der Waals surface area contributed by atoms with Crippen LogP contribution in [-0.4, -0.2) is 43.2 Å². The standard InChI is InChI=1S/C19H24N4O2/c1-22(14-15-7-5-8-16(13-15)25-2)19(24)21-17-9-6-10-20-18(17)23-11-3-4-12-23/h5-10,13H,3-4,11-12,14H2,1-2H3,(H,21,24). The van der Waals surface area contributed by atoms with Gasteiger partial charge in [-0.3, -0.25) is 0 Å². The summed E-state index contributed by atoms with van der Waals surface area (Å²) in [6.07, 6.45) is 4.10. The van der Waals surface area contributed by atoms with Gasteiger partial charge in [-0.25, -0.2) is 9.78 Å². The zero-order valence-electron chi connectivity index (χ0n) is 14.7. The van der Waals surface area contributed by atoms with Crippen LogP contribution in [0.15, 0.2) is 42.6 Å². The number of aromatic nitrogens is 1. The first-order valence-corrected chi connectivity index (χ1v) is 8.52. The summed E-state index contributed by atoms with van der Waals surface area (Å²) >= 11 is 0. The van der Waals surface area contributed by atoms with Crippen LogP contribution in [0.4, 0.5) is 16.3 Å². The Balaban J connectivity index is 1.67. The van der Waals surface area contributed by atoms with E-state index in [1.165, 1.54) is 12.8 Å². The number of methoxy groups -OCH3 is 1. The first-order valence-electron chi connectivity index (χ1n) is 8.52. The molecule has 0 saturated carbocycles. The summed E-state index contributed by atoms with van der Waals surface area (Å²) in [7, 11) is 3.42. The van der Waals surface area contributed by atoms with Crippen molar-refractivity contribution in [3.8, 4) is 5.75 Å². The first kappa shape index (κ1) is 17.1. The Morgan fingerprint density at radius 3 is 2.84 bits per heavy atom. The van der Waals surface area contributed by atoms with Crippen LogP contribution in [0.1, 0.15) is 18.4 Å². The number of urea groups is 1. The number of rotatable bonds is 5. The lowest BCUT2D eigenvalue weighted by Crippen LogP contribution is -2.32. The highest BCUT2D eigenvalue weighted by Crippen LogP contribution is 2.26. The molecule has 0 bridgehead atoms. The van der Waals surface area contributed by atoms with E-state index in [1.54, 1.807) is 25.3 Å². The number of nitrogens with zero attached hydrogens (tertiary/aromatic N) is 3. The predicted octanol–water partition coefficient (Wildman–Crippen LogP) is 3.35. The van der Waals surface area contributed by atoms with Crippen molar-refractivity contribution in [3.63, 3.8) is 0 Å². The van der Waals surface area contributed by atoms with E-state index in [9.17, 15) is 4.79 Å². The van der Waals surface area contributed by atoms with E-state index in [4.69, 9.17) is 4.74 Å². The largest absolute Gasteiger partial charge is 0.497 e. The lowest BCUT2D eigenvalue weighted by atomic mass is 10.2. The maximum atomic E-state index is 12.6. The van der Waals surface area contributed by atoms with Crippen LogP contribution in [0, 0.1) is 0 Å². The SMILES string of the molecule is COc1cccc(CN(C)C(=O)Nc2cccnc2N2CCCC2)c1. The zero-order valence-corrected chi connectivity index (χ0v) is 14.7. The smallest absolute Gasteiger partial charge is 0.321 e. The van der Waals surface area contributed by atoms with E-state index in [0.717, 1.165) is 35.9 Å². The topological polar surface area (TPSA) is 57.7 Å². The van der Waals surface area contributed by atoms with Gasteiger partial charge in [-0.15, -0.1) is 0 Å². The van der Waals surface area contributed by atoms with E-state index < -0.39 is 0 Å². The molecule has 25 heavy (non-hydrogen) atoms. The second-order valence-electron chi connectivity index (χ2n) is 6.21. The monoisotopic (exact) mass is 340 g/mol. The lowest BCUT2D eigenvalue weighted by Gasteiger charge is -2.22. The molecule has 1 aliphatic heterocycles. The zero-order chi connectivity index (χ0) is 17.6. The fraction of sp³-hybridized carbons (Fsp3) is 0.368. The van der Waals surface area contributed by atoms with E-state index in [1.807, 2.05) is 36.4 Å². The van der Waals surface area contributed by atoms with Gasteiger partial charge in [0.15, 0.2) is 5.82 Å². The van der Waals surface area contributed by atoms with E-state index in [2.05, 4.69) is 15.2 Å². The van der Waals surface area contributed by atoms with Gasteiger partial charge >= 0.3 is 6.03 Å². The molecule has 2 heterocycles. The second kappa shape index (κ2) is 7.88. The number of nitrogens with one attached hydrogen (secondary N) is 1. The number of pyridine rings is 1. The van der Waals surface area contributed by atoms with Crippen molar-refractivity contribution in [1.29, 1.82) is 0 Å². The molecular formula is C19H24N4O2. The van der Waals surface area contributed by atoms with Gasteiger partial charge in [-0.05, 0) is 42.7 Å². The molecule has 2 amide bonds. The summed E-state index contributed by atoms with van der Waals surface area (Å²) in [5, 5.41) is 2.99. The number of ether oxygens (including phenoxy) is 1. The van der Waals surface area contributed by atoms with Gasteiger partial charge in [0.2, 0.25) is 0 Å². The van der Waals surface area contributed by atoms with Crippen molar-refractivity contribution in [2.75, 3.05) is 37.5 Å². The molecule has 1 fully saturated rings. The molecular weight excluding hydrogens is 316 g/mol. The van der Waals surface area contributed by atoms with Gasteiger partial charge in [0.05, 0.1) is 12.8 Å². The lowest BCUT2D eigenvalue weighted by molar-refractivity contribution is 0.220. The van der Waals surface area contributed by atoms with Crippen LogP contribution in [0.2, 0.25) is 0 Å². The molecule has 0 radical (unpaired) electrons. The summed E-state index contributed by atoms with van der Waals surface area (Å²) in [5.74, 6) is 1.64. The summed E-state index contributed by atoms with van der Waals surface area (Å²) < 4.78 is 5.23. The van der Waals surface area contributed by atoms with Gasteiger partial charge in [-0.1, -0.05) is 12.1 Å².